The molecule has 0 amide bonds. The molecule has 5 heteroatoms. The standard InChI is InChI=1S/C14H19F3N2/c15-14(16,17)13-10-18-7-9-19(11-13)8-6-12-4-2-1-3-5-12/h1-5,13,18H,6-11H2. The van der Waals surface area contributed by atoms with Gasteiger partial charge in [-0.15, -0.1) is 0 Å². The highest BCUT2D eigenvalue weighted by Crippen LogP contribution is 2.27. The lowest BCUT2D eigenvalue weighted by Gasteiger charge is -2.25. The van der Waals surface area contributed by atoms with Crippen molar-refractivity contribution in [2.45, 2.75) is 12.6 Å². The van der Waals surface area contributed by atoms with Crippen LogP contribution in [0.1, 0.15) is 5.56 Å². The van der Waals surface area contributed by atoms with Gasteiger partial charge in [-0.2, -0.15) is 13.2 Å². The summed E-state index contributed by atoms with van der Waals surface area (Å²) in [4.78, 5) is 1.91. The number of rotatable bonds is 3. The molecule has 0 radical (unpaired) electrons. The van der Waals surface area contributed by atoms with Gasteiger partial charge in [0, 0.05) is 32.7 Å². The summed E-state index contributed by atoms with van der Waals surface area (Å²) in [6, 6.07) is 9.88. The molecule has 2 nitrogen and oxygen atoms in total. The Morgan fingerprint density at radius 2 is 1.95 bits per heavy atom. The van der Waals surface area contributed by atoms with Gasteiger partial charge in [-0.25, -0.2) is 0 Å². The van der Waals surface area contributed by atoms with Crippen molar-refractivity contribution in [3.63, 3.8) is 0 Å². The maximum absolute atomic E-state index is 12.8. The van der Waals surface area contributed by atoms with Crippen molar-refractivity contribution >= 4 is 0 Å². The van der Waals surface area contributed by atoms with E-state index in [-0.39, 0.29) is 13.1 Å². The average molecular weight is 272 g/mol. The summed E-state index contributed by atoms with van der Waals surface area (Å²) >= 11 is 0. The molecule has 1 N–H and O–H groups in total. The first-order valence-electron chi connectivity index (χ1n) is 6.59. The molecule has 0 bridgehead atoms. The smallest absolute Gasteiger partial charge is 0.315 e. The van der Waals surface area contributed by atoms with Gasteiger partial charge in [-0.05, 0) is 12.0 Å². The fourth-order valence-corrected chi connectivity index (χ4v) is 2.34. The third kappa shape index (κ3) is 4.51. The summed E-state index contributed by atoms with van der Waals surface area (Å²) in [6.07, 6.45) is -3.31. The molecule has 1 fully saturated rings. The van der Waals surface area contributed by atoms with Crippen LogP contribution in [0.4, 0.5) is 13.2 Å². The Balaban J connectivity index is 1.88. The van der Waals surface area contributed by atoms with Gasteiger partial charge in [0.1, 0.15) is 0 Å². The van der Waals surface area contributed by atoms with Gasteiger partial charge in [0.2, 0.25) is 0 Å². The summed E-state index contributed by atoms with van der Waals surface area (Å²) in [5.41, 5.74) is 1.17. The van der Waals surface area contributed by atoms with Crippen LogP contribution in [-0.4, -0.2) is 43.8 Å². The Morgan fingerprint density at radius 3 is 2.63 bits per heavy atom. The Kier molecular flexibility index (Phi) is 4.82. The van der Waals surface area contributed by atoms with E-state index >= 15 is 0 Å². The molecule has 1 aromatic carbocycles. The Labute approximate surface area is 111 Å². The van der Waals surface area contributed by atoms with Gasteiger partial charge in [0.15, 0.2) is 0 Å². The predicted molar refractivity (Wildman–Crippen MR) is 69.0 cm³/mol. The van der Waals surface area contributed by atoms with Crippen LogP contribution in [0.3, 0.4) is 0 Å². The molecule has 106 valence electrons. The molecule has 19 heavy (non-hydrogen) atoms. The summed E-state index contributed by atoms with van der Waals surface area (Å²) in [7, 11) is 0. The predicted octanol–water partition coefficient (Wildman–Crippen LogP) is 2.31. The number of hydrogen-bond acceptors (Lipinski definition) is 2. The molecule has 2 rings (SSSR count). The summed E-state index contributed by atoms with van der Waals surface area (Å²) in [5, 5.41) is 2.87. The van der Waals surface area contributed by atoms with Gasteiger partial charge >= 0.3 is 6.18 Å². The van der Waals surface area contributed by atoms with E-state index in [1.54, 1.807) is 0 Å². The summed E-state index contributed by atoms with van der Waals surface area (Å²) in [5.74, 6) is -1.26. The molecular formula is C14H19F3N2. The van der Waals surface area contributed by atoms with Crippen LogP contribution in [-0.2, 0) is 6.42 Å². The lowest BCUT2D eigenvalue weighted by atomic mass is 10.1. The number of benzene rings is 1. The molecule has 0 saturated carbocycles. The van der Waals surface area contributed by atoms with Crippen LogP contribution in [0.2, 0.25) is 0 Å². The first-order chi connectivity index (χ1) is 9.05. The van der Waals surface area contributed by atoms with Crippen molar-refractivity contribution in [2.75, 3.05) is 32.7 Å². The van der Waals surface area contributed by atoms with E-state index in [0.29, 0.717) is 19.6 Å². The molecule has 1 aromatic rings. The van der Waals surface area contributed by atoms with Crippen LogP contribution >= 0.6 is 0 Å². The second-order valence-electron chi connectivity index (χ2n) is 4.98. The highest BCUT2D eigenvalue weighted by molar-refractivity contribution is 5.14. The zero-order valence-electron chi connectivity index (χ0n) is 10.8. The van der Waals surface area contributed by atoms with Crippen LogP contribution < -0.4 is 5.32 Å². The van der Waals surface area contributed by atoms with Crippen LogP contribution in [0.15, 0.2) is 30.3 Å². The van der Waals surface area contributed by atoms with E-state index in [2.05, 4.69) is 5.32 Å². The normalized spacial score (nSPS) is 22.2. The first kappa shape index (κ1) is 14.3. The average Bonchev–Trinajstić information content (AvgIpc) is 2.62. The van der Waals surface area contributed by atoms with Crippen LogP contribution in [0.25, 0.3) is 0 Å². The number of halogens is 3. The maximum Gasteiger partial charge on any atom is 0.394 e. The molecule has 0 aromatic heterocycles. The van der Waals surface area contributed by atoms with E-state index in [1.807, 2.05) is 35.2 Å². The highest BCUT2D eigenvalue weighted by Gasteiger charge is 2.40. The van der Waals surface area contributed by atoms with Gasteiger partial charge in [0.05, 0.1) is 5.92 Å². The first-order valence-corrected chi connectivity index (χ1v) is 6.59. The molecule has 0 aliphatic carbocycles. The zero-order chi connectivity index (χ0) is 13.7. The van der Waals surface area contributed by atoms with E-state index < -0.39 is 12.1 Å². The maximum atomic E-state index is 12.8. The fourth-order valence-electron chi connectivity index (χ4n) is 2.34. The van der Waals surface area contributed by atoms with E-state index in [4.69, 9.17) is 0 Å². The van der Waals surface area contributed by atoms with E-state index in [9.17, 15) is 13.2 Å². The van der Waals surface area contributed by atoms with Gasteiger partial charge in [-0.3, -0.25) is 0 Å². The lowest BCUT2D eigenvalue weighted by Crippen LogP contribution is -2.38. The van der Waals surface area contributed by atoms with Crippen molar-refractivity contribution in [3.8, 4) is 0 Å². The largest absolute Gasteiger partial charge is 0.394 e. The third-order valence-electron chi connectivity index (χ3n) is 3.50. The van der Waals surface area contributed by atoms with Gasteiger partial charge < -0.3 is 10.2 Å². The highest BCUT2D eigenvalue weighted by atomic mass is 19.4. The van der Waals surface area contributed by atoms with E-state index in [0.717, 1.165) is 6.42 Å². The lowest BCUT2D eigenvalue weighted by molar-refractivity contribution is -0.175. The van der Waals surface area contributed by atoms with Gasteiger partial charge in [-0.1, -0.05) is 30.3 Å². The second-order valence-corrected chi connectivity index (χ2v) is 4.98. The zero-order valence-corrected chi connectivity index (χ0v) is 10.8. The molecule has 1 atom stereocenters. The summed E-state index contributed by atoms with van der Waals surface area (Å²) < 4.78 is 38.4. The molecule has 1 unspecified atom stereocenters. The molecule has 1 aliphatic rings. The minimum absolute atomic E-state index is 0.0331. The van der Waals surface area contributed by atoms with E-state index in [1.165, 1.54) is 5.56 Å². The monoisotopic (exact) mass is 272 g/mol. The Bertz CT molecular complexity index is 378. The molecule has 1 heterocycles. The Morgan fingerprint density at radius 1 is 1.21 bits per heavy atom. The van der Waals surface area contributed by atoms with Crippen LogP contribution in [0.5, 0.6) is 0 Å². The summed E-state index contributed by atoms with van der Waals surface area (Å²) in [6.45, 7) is 2.12. The number of nitrogens with one attached hydrogen (secondary N) is 1. The van der Waals surface area contributed by atoms with Crippen molar-refractivity contribution in [1.29, 1.82) is 0 Å². The SMILES string of the molecule is FC(F)(F)C1CNCCN(CCc2ccccc2)C1. The second kappa shape index (κ2) is 6.39. The number of hydrogen-bond donors (Lipinski definition) is 1. The molecule has 1 saturated heterocycles. The molecular weight excluding hydrogens is 253 g/mol. The van der Waals surface area contributed by atoms with Crippen molar-refractivity contribution in [1.82, 2.24) is 10.2 Å². The van der Waals surface area contributed by atoms with Crippen molar-refractivity contribution in [3.05, 3.63) is 35.9 Å². The van der Waals surface area contributed by atoms with Gasteiger partial charge in [0.25, 0.3) is 0 Å². The Hall–Kier alpha value is -1.07. The van der Waals surface area contributed by atoms with Crippen molar-refractivity contribution in [2.24, 2.45) is 5.92 Å². The topological polar surface area (TPSA) is 15.3 Å². The quantitative estimate of drug-likeness (QED) is 0.908. The van der Waals surface area contributed by atoms with Crippen LogP contribution in [0, 0.1) is 5.92 Å². The molecule has 1 aliphatic heterocycles. The van der Waals surface area contributed by atoms with Crippen molar-refractivity contribution < 1.29 is 13.2 Å². The number of alkyl halides is 3. The minimum atomic E-state index is -4.11. The third-order valence-corrected chi connectivity index (χ3v) is 3.50. The minimum Gasteiger partial charge on any atom is -0.315 e. The number of nitrogens with zero attached hydrogens (tertiary/aromatic N) is 1. The fraction of sp³-hybridized carbons (Fsp3) is 0.571. The molecule has 0 spiro atoms.